The summed E-state index contributed by atoms with van der Waals surface area (Å²) < 4.78 is 1.04. The maximum atomic E-state index is 10.5. The lowest BCUT2D eigenvalue weighted by Crippen LogP contribution is -2.37. The van der Waals surface area contributed by atoms with Gasteiger partial charge in [-0.25, -0.2) is 11.3 Å². The minimum atomic E-state index is -0.626. The molecular formula is C21H28N6O3S2. The van der Waals surface area contributed by atoms with Crippen LogP contribution in [0, 0.1) is 6.92 Å². The van der Waals surface area contributed by atoms with Crippen LogP contribution in [0.5, 0.6) is 5.75 Å². The first kappa shape index (κ1) is 26.9. The van der Waals surface area contributed by atoms with E-state index in [1.807, 2.05) is 43.5 Å². The molecule has 0 aliphatic heterocycles. The third-order valence-electron chi connectivity index (χ3n) is 3.59. The van der Waals surface area contributed by atoms with Crippen LogP contribution in [-0.4, -0.2) is 39.3 Å². The number of pyridine rings is 1. The first-order chi connectivity index (χ1) is 15.2. The molecule has 1 aromatic carbocycles. The highest BCUT2D eigenvalue weighted by atomic mass is 32.2. The quantitative estimate of drug-likeness (QED) is 0.127. The number of rotatable bonds is 5. The largest absolute Gasteiger partial charge is 0.508 e. The van der Waals surface area contributed by atoms with Crippen LogP contribution < -0.4 is 22.8 Å². The van der Waals surface area contributed by atoms with Gasteiger partial charge in [-0.1, -0.05) is 23.8 Å². The second-order valence-corrected chi connectivity index (χ2v) is 8.20. The standard InChI is InChI=1S/C9H7NS2.C7H8O.C5H13N5O2/c11-9-4-3-8(12-9)7-2-1-5-10-6-7;1-6-2-4-7(8)5-3-6;6-1-4(7)2-10(8)3-5(11)9-12/h1-6,11H;2-5,8H,1H3;2,12H,1,3,6-8H2,(H,9,11)/b;;4-2-. The van der Waals surface area contributed by atoms with Gasteiger partial charge >= 0.3 is 0 Å². The molecule has 172 valence electrons. The second kappa shape index (κ2) is 14.8. The number of nitrogens with two attached hydrogens (primary N) is 3. The minimum absolute atomic E-state index is 0.161. The molecule has 2 aromatic heterocycles. The van der Waals surface area contributed by atoms with Crippen molar-refractivity contribution in [3.63, 3.8) is 0 Å². The number of hydrazine groups is 1. The molecule has 9 nitrogen and oxygen atoms in total. The SMILES string of the molecule is Cc1ccc(O)cc1.NC/C(N)=C/N(N)CC(=O)NO.Sc1ccc(-c2cccnc2)s1. The summed E-state index contributed by atoms with van der Waals surface area (Å²) in [6.07, 6.45) is 4.95. The normalized spacial score (nSPS) is 10.2. The number of hydrogen-bond donors (Lipinski definition) is 7. The fraction of sp³-hybridized carbons (Fsp3) is 0.143. The lowest BCUT2D eigenvalue weighted by Gasteiger charge is -2.12. The van der Waals surface area contributed by atoms with Crippen molar-refractivity contribution in [3.8, 4) is 16.2 Å². The molecule has 11 heteroatoms. The average Bonchev–Trinajstić information content (AvgIpc) is 3.23. The zero-order valence-electron chi connectivity index (χ0n) is 17.5. The zero-order chi connectivity index (χ0) is 23.9. The van der Waals surface area contributed by atoms with Gasteiger partial charge in [-0.15, -0.1) is 24.0 Å². The summed E-state index contributed by atoms with van der Waals surface area (Å²) in [6.45, 7) is 1.96. The van der Waals surface area contributed by atoms with Crippen LogP contribution in [0.2, 0.25) is 0 Å². The van der Waals surface area contributed by atoms with Gasteiger partial charge in [0.15, 0.2) is 0 Å². The summed E-state index contributed by atoms with van der Waals surface area (Å²) in [5.41, 5.74) is 14.6. The highest BCUT2D eigenvalue weighted by Gasteiger charge is 2.02. The smallest absolute Gasteiger partial charge is 0.264 e. The van der Waals surface area contributed by atoms with E-state index in [1.165, 1.54) is 22.1 Å². The molecule has 9 N–H and O–H groups in total. The van der Waals surface area contributed by atoms with Crippen LogP contribution in [0.25, 0.3) is 10.4 Å². The van der Waals surface area contributed by atoms with Gasteiger partial charge in [0.05, 0.1) is 4.21 Å². The Morgan fingerprint density at radius 3 is 2.41 bits per heavy atom. The fourth-order valence-corrected chi connectivity index (χ4v) is 3.15. The van der Waals surface area contributed by atoms with Crippen molar-refractivity contribution in [2.24, 2.45) is 17.3 Å². The Balaban J connectivity index is 0.000000245. The molecule has 0 bridgehead atoms. The lowest BCUT2D eigenvalue weighted by atomic mass is 10.2. The van der Waals surface area contributed by atoms with E-state index in [9.17, 15) is 4.79 Å². The molecule has 0 aliphatic rings. The van der Waals surface area contributed by atoms with E-state index in [2.05, 4.69) is 23.7 Å². The van der Waals surface area contributed by atoms with Crippen molar-refractivity contribution in [1.29, 1.82) is 0 Å². The Kier molecular flexibility index (Phi) is 12.5. The molecule has 0 aliphatic carbocycles. The summed E-state index contributed by atoms with van der Waals surface area (Å²) in [5.74, 6) is 4.98. The van der Waals surface area contributed by atoms with E-state index in [4.69, 9.17) is 27.6 Å². The Morgan fingerprint density at radius 2 is 1.94 bits per heavy atom. The number of nitrogens with one attached hydrogen (secondary N) is 1. The number of carbonyl (C=O) groups excluding carboxylic acids is 1. The monoisotopic (exact) mass is 476 g/mol. The maximum absolute atomic E-state index is 10.5. The van der Waals surface area contributed by atoms with Crippen LogP contribution in [0.3, 0.4) is 0 Å². The molecule has 0 saturated heterocycles. The molecule has 0 radical (unpaired) electrons. The number of aromatic nitrogens is 1. The van der Waals surface area contributed by atoms with E-state index in [1.54, 1.807) is 29.7 Å². The van der Waals surface area contributed by atoms with Gasteiger partial charge in [0.2, 0.25) is 0 Å². The van der Waals surface area contributed by atoms with Gasteiger partial charge in [-0.2, -0.15) is 0 Å². The number of benzene rings is 1. The number of thiol groups is 1. The Labute approximate surface area is 196 Å². The van der Waals surface area contributed by atoms with Crippen LogP contribution in [0.4, 0.5) is 0 Å². The molecule has 2 heterocycles. The summed E-state index contributed by atoms with van der Waals surface area (Å²) >= 11 is 5.92. The minimum Gasteiger partial charge on any atom is -0.508 e. The zero-order valence-corrected chi connectivity index (χ0v) is 19.3. The molecule has 1 amide bonds. The number of aromatic hydroxyl groups is 1. The van der Waals surface area contributed by atoms with Crippen molar-refractivity contribution < 1.29 is 15.1 Å². The maximum Gasteiger partial charge on any atom is 0.264 e. The number of carbonyl (C=O) groups is 1. The summed E-state index contributed by atoms with van der Waals surface area (Å²) in [5, 5.41) is 17.9. The summed E-state index contributed by atoms with van der Waals surface area (Å²) in [7, 11) is 0. The molecule has 0 atom stereocenters. The van der Waals surface area contributed by atoms with Crippen molar-refractivity contribution in [3.05, 3.63) is 78.4 Å². The van der Waals surface area contributed by atoms with Crippen LogP contribution in [0.15, 0.2) is 77.0 Å². The molecule has 0 unspecified atom stereocenters. The van der Waals surface area contributed by atoms with Gasteiger partial charge in [0, 0.05) is 41.3 Å². The average molecular weight is 477 g/mol. The van der Waals surface area contributed by atoms with Crippen LogP contribution in [0.1, 0.15) is 5.56 Å². The summed E-state index contributed by atoms with van der Waals surface area (Å²) in [4.78, 5) is 15.8. The Bertz CT molecular complexity index is 944. The molecule has 0 fully saturated rings. The highest BCUT2D eigenvalue weighted by Crippen LogP contribution is 2.28. The highest BCUT2D eigenvalue weighted by molar-refractivity contribution is 7.83. The van der Waals surface area contributed by atoms with Crippen LogP contribution in [-0.2, 0) is 4.79 Å². The van der Waals surface area contributed by atoms with Crippen molar-refractivity contribution in [2.45, 2.75) is 11.1 Å². The van der Waals surface area contributed by atoms with E-state index < -0.39 is 5.91 Å². The predicted octanol–water partition coefficient (Wildman–Crippen LogP) is 2.23. The molecule has 32 heavy (non-hydrogen) atoms. The van der Waals surface area contributed by atoms with Gasteiger partial charge in [0.25, 0.3) is 5.91 Å². The van der Waals surface area contributed by atoms with Gasteiger partial charge in [0.1, 0.15) is 12.3 Å². The Hall–Kier alpha value is -3.09. The van der Waals surface area contributed by atoms with E-state index in [-0.39, 0.29) is 13.1 Å². The molecular weight excluding hydrogens is 448 g/mol. The first-order valence-electron chi connectivity index (χ1n) is 9.30. The number of amides is 1. The summed E-state index contributed by atoms with van der Waals surface area (Å²) in [6, 6.07) is 15.1. The van der Waals surface area contributed by atoms with E-state index in [0.717, 1.165) is 14.8 Å². The van der Waals surface area contributed by atoms with Crippen molar-refractivity contribution in [2.75, 3.05) is 13.1 Å². The third kappa shape index (κ3) is 11.3. The van der Waals surface area contributed by atoms with Crippen molar-refractivity contribution in [1.82, 2.24) is 15.5 Å². The first-order valence-corrected chi connectivity index (χ1v) is 10.6. The number of phenols is 1. The number of thiophene rings is 1. The number of hydrogen-bond acceptors (Lipinski definition) is 10. The molecule has 3 aromatic rings. The fourth-order valence-electron chi connectivity index (χ4n) is 2.05. The molecule has 0 spiro atoms. The molecule has 0 saturated carbocycles. The second-order valence-electron chi connectivity index (χ2n) is 6.33. The lowest BCUT2D eigenvalue weighted by molar-refractivity contribution is -0.129. The Morgan fingerprint density at radius 1 is 1.25 bits per heavy atom. The van der Waals surface area contributed by atoms with E-state index in [0.29, 0.717) is 11.4 Å². The number of hydroxylamine groups is 1. The van der Waals surface area contributed by atoms with Gasteiger partial charge < -0.3 is 21.6 Å². The number of aryl methyl sites for hydroxylation is 1. The van der Waals surface area contributed by atoms with Gasteiger partial charge in [-0.05, 0) is 37.3 Å². The third-order valence-corrected chi connectivity index (χ3v) is 4.95. The van der Waals surface area contributed by atoms with Crippen molar-refractivity contribution >= 4 is 29.9 Å². The number of nitrogens with zero attached hydrogens (tertiary/aromatic N) is 2. The van der Waals surface area contributed by atoms with Crippen LogP contribution >= 0.6 is 24.0 Å². The van der Waals surface area contributed by atoms with Gasteiger partial charge in [-0.3, -0.25) is 15.0 Å². The number of phenolic OH excluding ortho intramolecular Hbond substituents is 1. The van der Waals surface area contributed by atoms with E-state index >= 15 is 0 Å². The molecule has 3 rings (SSSR count). The predicted molar refractivity (Wildman–Crippen MR) is 130 cm³/mol. The topological polar surface area (TPSA) is 164 Å².